The van der Waals surface area contributed by atoms with Gasteiger partial charge in [0, 0.05) is 48.3 Å². The molecule has 1 aliphatic rings. The Morgan fingerprint density at radius 1 is 1.19 bits per heavy atom. The van der Waals surface area contributed by atoms with Gasteiger partial charge in [0.25, 0.3) is 5.69 Å². The van der Waals surface area contributed by atoms with Gasteiger partial charge in [0.05, 0.1) is 9.95 Å². The van der Waals surface area contributed by atoms with Crippen LogP contribution in [0.3, 0.4) is 0 Å². The fraction of sp³-hybridized carbons (Fsp3) is 0.350. The molecule has 2 aromatic rings. The zero-order valence-electron chi connectivity index (χ0n) is 16.6. The van der Waals surface area contributed by atoms with Gasteiger partial charge in [0.15, 0.2) is 0 Å². The SMILES string of the molecule is O=C(NCCSc1ccccc1)C1CCN(S(=O)(=O)c2cc([N+](=O)[O-])ccc2Cl)CC1. The zero-order chi connectivity index (χ0) is 22.4. The number of rotatable bonds is 8. The fourth-order valence-electron chi connectivity index (χ4n) is 3.30. The third-order valence-corrected chi connectivity index (χ3v) is 8.38. The van der Waals surface area contributed by atoms with Gasteiger partial charge in [-0.2, -0.15) is 4.31 Å². The number of thioether (sulfide) groups is 1. The number of benzene rings is 2. The quantitative estimate of drug-likeness (QED) is 0.266. The Kier molecular flexibility index (Phi) is 7.93. The number of halogens is 1. The lowest BCUT2D eigenvalue weighted by molar-refractivity contribution is -0.385. The third kappa shape index (κ3) is 5.97. The van der Waals surface area contributed by atoms with Crippen molar-refractivity contribution in [3.05, 3.63) is 63.7 Å². The maximum Gasteiger partial charge on any atom is 0.270 e. The summed E-state index contributed by atoms with van der Waals surface area (Å²) in [4.78, 5) is 23.6. The highest BCUT2D eigenvalue weighted by Gasteiger charge is 2.34. The van der Waals surface area contributed by atoms with Crippen molar-refractivity contribution in [2.24, 2.45) is 5.92 Å². The smallest absolute Gasteiger partial charge is 0.270 e. The molecule has 2 aromatic carbocycles. The summed E-state index contributed by atoms with van der Waals surface area (Å²) < 4.78 is 27.1. The van der Waals surface area contributed by atoms with E-state index in [-0.39, 0.29) is 40.5 Å². The van der Waals surface area contributed by atoms with Crippen molar-refractivity contribution >= 4 is 45.0 Å². The Morgan fingerprint density at radius 3 is 2.52 bits per heavy atom. The molecule has 8 nitrogen and oxygen atoms in total. The van der Waals surface area contributed by atoms with Crippen LogP contribution in [-0.4, -0.2) is 48.9 Å². The fourth-order valence-corrected chi connectivity index (χ4v) is 6.06. The Morgan fingerprint density at radius 2 is 1.87 bits per heavy atom. The topological polar surface area (TPSA) is 110 Å². The van der Waals surface area contributed by atoms with Crippen LogP contribution < -0.4 is 5.32 Å². The van der Waals surface area contributed by atoms with Gasteiger partial charge in [-0.3, -0.25) is 14.9 Å². The number of amides is 1. The van der Waals surface area contributed by atoms with Crippen molar-refractivity contribution in [1.82, 2.24) is 9.62 Å². The molecule has 1 saturated heterocycles. The molecule has 0 aliphatic carbocycles. The minimum absolute atomic E-state index is 0.0682. The summed E-state index contributed by atoms with van der Waals surface area (Å²) >= 11 is 7.66. The average Bonchev–Trinajstić information content (AvgIpc) is 2.77. The summed E-state index contributed by atoms with van der Waals surface area (Å²) in [5.41, 5.74) is -0.342. The number of carbonyl (C=O) groups is 1. The summed E-state index contributed by atoms with van der Waals surface area (Å²) in [6, 6.07) is 13.2. The molecule has 0 spiro atoms. The molecule has 3 rings (SSSR count). The second-order valence-electron chi connectivity index (χ2n) is 7.00. The first kappa shape index (κ1) is 23.5. The van der Waals surface area contributed by atoms with Gasteiger partial charge in [-0.05, 0) is 31.0 Å². The summed E-state index contributed by atoms with van der Waals surface area (Å²) in [6.07, 6.45) is 0.757. The minimum Gasteiger partial charge on any atom is -0.355 e. The number of nitrogens with zero attached hydrogens (tertiary/aromatic N) is 2. The van der Waals surface area contributed by atoms with Crippen LogP contribution in [0.1, 0.15) is 12.8 Å². The number of sulfonamides is 1. The lowest BCUT2D eigenvalue weighted by Crippen LogP contribution is -2.43. The molecule has 0 radical (unpaired) electrons. The number of nitro benzene ring substituents is 1. The van der Waals surface area contributed by atoms with Gasteiger partial charge in [0.1, 0.15) is 4.90 Å². The van der Waals surface area contributed by atoms with Crippen LogP contribution in [0.4, 0.5) is 5.69 Å². The van der Waals surface area contributed by atoms with E-state index in [1.807, 2.05) is 30.3 Å². The lowest BCUT2D eigenvalue weighted by atomic mass is 9.97. The first-order valence-electron chi connectivity index (χ1n) is 9.68. The van der Waals surface area contributed by atoms with Gasteiger partial charge >= 0.3 is 0 Å². The summed E-state index contributed by atoms with van der Waals surface area (Å²) in [6.45, 7) is 0.830. The van der Waals surface area contributed by atoms with Gasteiger partial charge in [-0.15, -0.1) is 11.8 Å². The van der Waals surface area contributed by atoms with E-state index in [0.717, 1.165) is 22.8 Å². The predicted octanol–water partition coefficient (Wildman–Crippen LogP) is 3.56. The van der Waals surface area contributed by atoms with Gasteiger partial charge in [-0.25, -0.2) is 8.42 Å². The van der Waals surface area contributed by atoms with E-state index in [1.165, 1.54) is 10.4 Å². The number of hydrogen-bond acceptors (Lipinski definition) is 6. The molecule has 0 bridgehead atoms. The largest absolute Gasteiger partial charge is 0.355 e. The highest BCUT2D eigenvalue weighted by atomic mass is 35.5. The van der Waals surface area contributed by atoms with Crippen molar-refractivity contribution in [3.63, 3.8) is 0 Å². The van der Waals surface area contributed by atoms with E-state index in [9.17, 15) is 23.3 Å². The van der Waals surface area contributed by atoms with E-state index in [2.05, 4.69) is 5.32 Å². The molecule has 1 aliphatic heterocycles. The first-order chi connectivity index (χ1) is 14.8. The first-order valence-corrected chi connectivity index (χ1v) is 12.5. The van der Waals surface area contributed by atoms with Crippen molar-refractivity contribution in [3.8, 4) is 0 Å². The van der Waals surface area contributed by atoms with Crippen LogP contribution >= 0.6 is 23.4 Å². The van der Waals surface area contributed by atoms with Crippen LogP contribution in [0.25, 0.3) is 0 Å². The predicted molar refractivity (Wildman–Crippen MR) is 120 cm³/mol. The monoisotopic (exact) mass is 483 g/mol. The van der Waals surface area contributed by atoms with Crippen molar-refractivity contribution in [1.29, 1.82) is 0 Å². The van der Waals surface area contributed by atoms with Crippen molar-refractivity contribution in [2.75, 3.05) is 25.4 Å². The Bertz CT molecular complexity index is 1040. The number of piperidine rings is 1. The standard InChI is InChI=1S/C20H22ClN3O5S2/c21-18-7-6-16(24(26)27)14-19(18)31(28,29)23-11-8-15(9-12-23)20(25)22-10-13-30-17-4-2-1-3-5-17/h1-7,14-15H,8-13H2,(H,22,25). The molecule has 0 aromatic heterocycles. The zero-order valence-corrected chi connectivity index (χ0v) is 19.0. The number of non-ortho nitro benzene ring substituents is 1. The second-order valence-corrected chi connectivity index (χ2v) is 10.5. The second kappa shape index (κ2) is 10.4. The van der Waals surface area contributed by atoms with E-state index >= 15 is 0 Å². The van der Waals surface area contributed by atoms with E-state index < -0.39 is 14.9 Å². The molecular formula is C20H22ClN3O5S2. The van der Waals surface area contributed by atoms with Crippen LogP contribution in [0.15, 0.2) is 58.3 Å². The molecule has 1 fully saturated rings. The molecule has 0 atom stereocenters. The summed E-state index contributed by atoms with van der Waals surface area (Å²) in [5, 5.41) is 13.8. The Labute approximate surface area is 190 Å². The average molecular weight is 484 g/mol. The number of hydrogen-bond donors (Lipinski definition) is 1. The molecule has 1 N–H and O–H groups in total. The minimum atomic E-state index is -3.99. The highest BCUT2D eigenvalue weighted by molar-refractivity contribution is 7.99. The lowest BCUT2D eigenvalue weighted by Gasteiger charge is -2.30. The van der Waals surface area contributed by atoms with E-state index in [1.54, 1.807) is 11.8 Å². The summed E-state index contributed by atoms with van der Waals surface area (Å²) in [5.74, 6) is 0.390. The summed E-state index contributed by atoms with van der Waals surface area (Å²) in [7, 11) is -3.99. The molecule has 166 valence electrons. The molecule has 0 saturated carbocycles. The molecule has 11 heteroatoms. The third-order valence-electron chi connectivity index (χ3n) is 4.98. The van der Waals surface area contributed by atoms with E-state index in [4.69, 9.17) is 11.6 Å². The molecule has 0 unspecified atom stereocenters. The Balaban J connectivity index is 1.52. The molecule has 31 heavy (non-hydrogen) atoms. The Hall–Kier alpha value is -2.14. The number of nitro groups is 1. The van der Waals surface area contributed by atoms with Gasteiger partial charge in [-0.1, -0.05) is 29.8 Å². The number of carbonyl (C=O) groups excluding carboxylic acids is 1. The van der Waals surface area contributed by atoms with Crippen molar-refractivity contribution in [2.45, 2.75) is 22.6 Å². The normalized spacial score (nSPS) is 15.5. The highest BCUT2D eigenvalue weighted by Crippen LogP contribution is 2.31. The van der Waals surface area contributed by atoms with Crippen LogP contribution in [0, 0.1) is 16.0 Å². The van der Waals surface area contributed by atoms with Crippen LogP contribution in [0.5, 0.6) is 0 Å². The van der Waals surface area contributed by atoms with E-state index in [0.29, 0.717) is 19.4 Å². The number of nitrogens with one attached hydrogen (secondary N) is 1. The van der Waals surface area contributed by atoms with Crippen molar-refractivity contribution < 1.29 is 18.1 Å². The molecule has 1 amide bonds. The van der Waals surface area contributed by atoms with Crippen LogP contribution in [-0.2, 0) is 14.8 Å². The maximum atomic E-state index is 12.9. The van der Waals surface area contributed by atoms with Gasteiger partial charge < -0.3 is 5.32 Å². The molecular weight excluding hydrogens is 462 g/mol. The molecule has 1 heterocycles. The van der Waals surface area contributed by atoms with Gasteiger partial charge in [0.2, 0.25) is 15.9 Å². The van der Waals surface area contributed by atoms with Crippen LogP contribution in [0.2, 0.25) is 5.02 Å². The maximum absolute atomic E-state index is 12.9.